The average Bonchev–Trinajstić information content (AvgIpc) is 3.52. The van der Waals surface area contributed by atoms with E-state index in [4.69, 9.17) is 14.2 Å². The molecule has 0 aliphatic rings. The SMILES string of the molecule is CCCCCCCCCCCCCCCCOc1c(OC)cccc1OCC(=O)Nc1ccc(C[n+]2ccsc2)cc1.[Br-]. The number of methoxy groups -OCH3 is 1. The average molecular weight is 676 g/mol. The molecule has 0 unspecified atom stereocenters. The molecule has 0 fully saturated rings. The summed E-state index contributed by atoms with van der Waals surface area (Å²) in [6.45, 7) is 3.56. The van der Waals surface area contributed by atoms with Crippen LogP contribution >= 0.6 is 11.3 Å². The van der Waals surface area contributed by atoms with Crippen molar-refractivity contribution in [3.63, 3.8) is 0 Å². The second-order valence-electron chi connectivity index (χ2n) is 11.0. The molecule has 1 amide bonds. The molecule has 1 N–H and O–H groups in total. The molecule has 3 aromatic rings. The second kappa shape index (κ2) is 22.9. The number of nitrogens with zero attached hydrogens (tertiary/aromatic N) is 1. The number of nitrogens with one attached hydrogen (secondary N) is 1. The van der Waals surface area contributed by atoms with E-state index in [0.29, 0.717) is 23.9 Å². The first-order chi connectivity index (χ1) is 20.7. The van der Waals surface area contributed by atoms with E-state index < -0.39 is 0 Å². The summed E-state index contributed by atoms with van der Waals surface area (Å²) in [4.78, 5) is 12.6. The molecular formula is C35H51BrN2O4S. The van der Waals surface area contributed by atoms with Gasteiger partial charge in [-0.25, -0.2) is 0 Å². The highest BCUT2D eigenvalue weighted by Crippen LogP contribution is 2.37. The third-order valence-corrected chi connectivity index (χ3v) is 8.07. The monoisotopic (exact) mass is 674 g/mol. The molecule has 0 atom stereocenters. The minimum Gasteiger partial charge on any atom is -1.00 e. The fourth-order valence-electron chi connectivity index (χ4n) is 4.98. The van der Waals surface area contributed by atoms with Crippen LogP contribution in [0, 0.1) is 0 Å². The van der Waals surface area contributed by atoms with Gasteiger partial charge in [-0.1, -0.05) is 120 Å². The van der Waals surface area contributed by atoms with Crippen LogP contribution in [0.2, 0.25) is 0 Å². The fraction of sp³-hybridized carbons (Fsp3) is 0.543. The lowest BCUT2D eigenvalue weighted by atomic mass is 10.0. The van der Waals surface area contributed by atoms with Crippen LogP contribution in [-0.4, -0.2) is 26.2 Å². The number of anilines is 1. The van der Waals surface area contributed by atoms with E-state index >= 15 is 0 Å². The van der Waals surface area contributed by atoms with Gasteiger partial charge in [-0.05, 0) is 30.7 Å². The van der Waals surface area contributed by atoms with E-state index in [9.17, 15) is 4.79 Å². The predicted molar refractivity (Wildman–Crippen MR) is 173 cm³/mol. The van der Waals surface area contributed by atoms with Gasteiger partial charge >= 0.3 is 0 Å². The number of ether oxygens (including phenoxy) is 3. The molecule has 0 radical (unpaired) electrons. The van der Waals surface area contributed by atoms with Crippen molar-refractivity contribution < 1.29 is 40.6 Å². The molecule has 0 saturated carbocycles. The van der Waals surface area contributed by atoms with Crippen molar-refractivity contribution in [3.05, 3.63) is 65.1 Å². The molecule has 8 heteroatoms. The molecule has 238 valence electrons. The Balaban J connectivity index is 0.00000645. The summed E-state index contributed by atoms with van der Waals surface area (Å²) in [5.41, 5.74) is 3.98. The number of thiazole rings is 1. The summed E-state index contributed by atoms with van der Waals surface area (Å²) in [7, 11) is 1.62. The molecule has 0 saturated heterocycles. The summed E-state index contributed by atoms with van der Waals surface area (Å²) in [5.74, 6) is 1.45. The highest BCUT2D eigenvalue weighted by Gasteiger charge is 2.14. The molecule has 0 spiro atoms. The Hall–Kier alpha value is -2.58. The molecule has 0 aliphatic heterocycles. The third kappa shape index (κ3) is 15.1. The van der Waals surface area contributed by atoms with Crippen LogP contribution in [0.25, 0.3) is 0 Å². The van der Waals surface area contributed by atoms with Gasteiger partial charge < -0.3 is 36.5 Å². The van der Waals surface area contributed by atoms with Crippen molar-refractivity contribution >= 4 is 22.9 Å². The lowest BCUT2D eigenvalue weighted by Gasteiger charge is -2.15. The summed E-state index contributed by atoms with van der Waals surface area (Å²) in [6.07, 6.45) is 20.6. The number of rotatable bonds is 23. The number of halogens is 1. The van der Waals surface area contributed by atoms with Crippen LogP contribution in [0.1, 0.15) is 102 Å². The maximum Gasteiger partial charge on any atom is 0.262 e. The molecule has 0 bridgehead atoms. The minimum atomic E-state index is -0.226. The molecule has 1 heterocycles. The third-order valence-electron chi connectivity index (χ3n) is 7.40. The van der Waals surface area contributed by atoms with Crippen molar-refractivity contribution in [1.29, 1.82) is 0 Å². The number of carbonyl (C=O) groups is 1. The summed E-state index contributed by atoms with van der Waals surface area (Å²) in [5, 5.41) is 4.95. The Labute approximate surface area is 273 Å². The number of aromatic nitrogens is 1. The molecular weight excluding hydrogens is 624 g/mol. The van der Waals surface area contributed by atoms with Crippen LogP contribution in [0.3, 0.4) is 0 Å². The maximum atomic E-state index is 12.6. The van der Waals surface area contributed by atoms with E-state index in [1.54, 1.807) is 18.4 Å². The van der Waals surface area contributed by atoms with Crippen LogP contribution in [0.15, 0.2) is 59.6 Å². The molecule has 6 nitrogen and oxygen atoms in total. The lowest BCUT2D eigenvalue weighted by molar-refractivity contribution is -0.683. The molecule has 2 aromatic carbocycles. The van der Waals surface area contributed by atoms with Gasteiger partial charge in [0.1, 0.15) is 0 Å². The highest BCUT2D eigenvalue weighted by molar-refractivity contribution is 7.07. The van der Waals surface area contributed by atoms with Crippen LogP contribution in [-0.2, 0) is 11.3 Å². The Morgan fingerprint density at radius 1 is 0.791 bits per heavy atom. The maximum absolute atomic E-state index is 12.6. The van der Waals surface area contributed by atoms with E-state index in [1.807, 2.05) is 54.0 Å². The van der Waals surface area contributed by atoms with Crippen molar-refractivity contribution in [1.82, 2.24) is 0 Å². The van der Waals surface area contributed by atoms with E-state index in [2.05, 4.69) is 22.3 Å². The standard InChI is InChI=1S/C35H50N2O4S.BrH/c1-3-4-5-6-7-8-9-10-11-12-13-14-15-16-25-40-35-32(39-2)18-17-19-33(35)41-28-34(38)36-31-22-20-30(21-23-31)27-37-24-26-42-29-37;/h17-24,26,29H,3-16,25,27-28H2,1-2H3;1H. The molecule has 0 aliphatic carbocycles. The number of amides is 1. The van der Waals surface area contributed by atoms with E-state index in [-0.39, 0.29) is 29.5 Å². The normalized spacial score (nSPS) is 10.7. The molecule has 43 heavy (non-hydrogen) atoms. The van der Waals surface area contributed by atoms with Gasteiger partial charge in [0.25, 0.3) is 5.91 Å². The highest BCUT2D eigenvalue weighted by atomic mass is 79.9. The largest absolute Gasteiger partial charge is 1.00 e. The fourth-order valence-corrected chi connectivity index (χ4v) is 5.58. The zero-order valence-electron chi connectivity index (χ0n) is 26.2. The number of hydrogen-bond donors (Lipinski definition) is 1. The first-order valence-electron chi connectivity index (χ1n) is 15.9. The predicted octanol–water partition coefficient (Wildman–Crippen LogP) is 5.97. The van der Waals surface area contributed by atoms with Crippen LogP contribution < -0.4 is 41.1 Å². The van der Waals surface area contributed by atoms with Crippen LogP contribution in [0.5, 0.6) is 17.2 Å². The van der Waals surface area contributed by atoms with Gasteiger partial charge in [-0.2, -0.15) is 4.57 Å². The Morgan fingerprint density at radius 2 is 1.40 bits per heavy atom. The first kappa shape index (κ1) is 36.6. The van der Waals surface area contributed by atoms with Gasteiger partial charge in [-0.15, -0.1) is 0 Å². The van der Waals surface area contributed by atoms with E-state index in [0.717, 1.165) is 25.1 Å². The number of hydrogen-bond acceptors (Lipinski definition) is 5. The Morgan fingerprint density at radius 3 is 1.98 bits per heavy atom. The first-order valence-corrected chi connectivity index (χ1v) is 16.9. The van der Waals surface area contributed by atoms with Gasteiger partial charge in [-0.3, -0.25) is 4.79 Å². The zero-order chi connectivity index (χ0) is 29.7. The number of carbonyl (C=O) groups excluding carboxylic acids is 1. The van der Waals surface area contributed by atoms with Gasteiger partial charge in [0.15, 0.2) is 30.8 Å². The number of benzene rings is 2. The van der Waals surface area contributed by atoms with Gasteiger partial charge in [0, 0.05) is 11.3 Å². The molecule has 3 rings (SSSR count). The van der Waals surface area contributed by atoms with Crippen molar-refractivity contribution in [2.45, 2.75) is 103 Å². The zero-order valence-corrected chi connectivity index (χ0v) is 28.6. The summed E-state index contributed by atoms with van der Waals surface area (Å²) < 4.78 is 19.6. The number of para-hydroxylation sites is 1. The number of unbranched alkanes of at least 4 members (excludes halogenated alkanes) is 13. The summed E-state index contributed by atoms with van der Waals surface area (Å²) in [6, 6.07) is 13.4. The Bertz CT molecular complexity index is 1130. The smallest absolute Gasteiger partial charge is 0.262 e. The van der Waals surface area contributed by atoms with Gasteiger partial charge in [0.05, 0.1) is 19.1 Å². The van der Waals surface area contributed by atoms with Crippen molar-refractivity contribution in [3.8, 4) is 17.2 Å². The van der Waals surface area contributed by atoms with Crippen molar-refractivity contribution in [2.24, 2.45) is 0 Å². The second-order valence-corrected chi connectivity index (χ2v) is 11.7. The minimum absolute atomic E-state index is 0. The van der Waals surface area contributed by atoms with Crippen LogP contribution in [0.4, 0.5) is 5.69 Å². The molecule has 1 aromatic heterocycles. The Kier molecular flexibility index (Phi) is 19.5. The van der Waals surface area contributed by atoms with E-state index in [1.165, 1.54) is 82.6 Å². The topological polar surface area (TPSA) is 60.7 Å². The quantitative estimate of drug-likeness (QED) is 0.0994. The summed E-state index contributed by atoms with van der Waals surface area (Å²) >= 11 is 1.67. The lowest BCUT2D eigenvalue weighted by Crippen LogP contribution is -3.00. The van der Waals surface area contributed by atoms with Gasteiger partial charge in [0.2, 0.25) is 11.3 Å². The van der Waals surface area contributed by atoms with Crippen molar-refractivity contribution in [2.75, 3.05) is 25.6 Å².